The van der Waals surface area contributed by atoms with E-state index in [4.69, 9.17) is 4.74 Å². The number of carbonyl (C=O) groups is 1. The molecule has 7 nitrogen and oxygen atoms in total. The van der Waals surface area contributed by atoms with Crippen LogP contribution in [-0.2, 0) is 11.4 Å². The summed E-state index contributed by atoms with van der Waals surface area (Å²) in [5.74, 6) is -0.0699. The van der Waals surface area contributed by atoms with Crippen molar-refractivity contribution in [2.45, 2.75) is 6.61 Å². The van der Waals surface area contributed by atoms with Gasteiger partial charge >= 0.3 is 0 Å². The van der Waals surface area contributed by atoms with E-state index in [1.54, 1.807) is 36.4 Å². The largest absolute Gasteiger partial charge is 0.488 e. The van der Waals surface area contributed by atoms with Gasteiger partial charge in [0.15, 0.2) is 5.17 Å². The molecule has 1 aliphatic rings. The Morgan fingerprint density at radius 2 is 1.94 bits per heavy atom. The van der Waals surface area contributed by atoms with Crippen molar-refractivity contribution in [1.29, 1.82) is 0 Å². The topological polar surface area (TPSA) is 93.8 Å². The summed E-state index contributed by atoms with van der Waals surface area (Å²) in [6, 6.07) is 17.3. The van der Waals surface area contributed by atoms with Crippen molar-refractivity contribution >= 4 is 56.2 Å². The molecule has 0 bridgehead atoms. The number of halogens is 2. The van der Waals surface area contributed by atoms with Gasteiger partial charge in [-0.25, -0.2) is 9.38 Å². The molecule has 0 spiro atoms. The summed E-state index contributed by atoms with van der Waals surface area (Å²) in [6.07, 6.45) is 1.72. The SMILES string of the molecule is O=C1NC(=Nc2ccc(F)cc2)S/C1=C/c1ccc(OCc2cccc([N+](=O)[O-])c2)c(Br)c1. The van der Waals surface area contributed by atoms with Crippen molar-refractivity contribution in [3.8, 4) is 5.75 Å². The Hall–Kier alpha value is -3.50. The highest BCUT2D eigenvalue weighted by Gasteiger charge is 2.24. The van der Waals surface area contributed by atoms with E-state index in [0.717, 1.165) is 5.56 Å². The van der Waals surface area contributed by atoms with Gasteiger partial charge in [-0.05, 0) is 81.3 Å². The Labute approximate surface area is 200 Å². The monoisotopic (exact) mass is 527 g/mol. The number of benzene rings is 3. The number of rotatable bonds is 6. The van der Waals surface area contributed by atoms with E-state index in [2.05, 4.69) is 26.2 Å². The first-order valence-corrected chi connectivity index (χ1v) is 11.2. The number of carbonyl (C=O) groups excluding carboxylic acids is 1. The van der Waals surface area contributed by atoms with E-state index < -0.39 is 4.92 Å². The van der Waals surface area contributed by atoms with Crippen LogP contribution in [0.2, 0.25) is 0 Å². The van der Waals surface area contributed by atoms with Gasteiger partial charge in [-0.2, -0.15) is 0 Å². The van der Waals surface area contributed by atoms with Gasteiger partial charge in [-0.15, -0.1) is 0 Å². The molecular weight excluding hydrogens is 513 g/mol. The highest BCUT2D eigenvalue weighted by molar-refractivity contribution is 9.10. The predicted octanol–water partition coefficient (Wildman–Crippen LogP) is 5.97. The normalized spacial score (nSPS) is 15.6. The summed E-state index contributed by atoms with van der Waals surface area (Å²) in [6.45, 7) is 0.169. The number of nitrogens with one attached hydrogen (secondary N) is 1. The van der Waals surface area contributed by atoms with Crippen LogP contribution in [0.4, 0.5) is 15.8 Å². The van der Waals surface area contributed by atoms with Crippen LogP contribution in [-0.4, -0.2) is 16.0 Å². The number of nitrogens with zero attached hydrogens (tertiary/aromatic N) is 2. The third-order valence-corrected chi connectivity index (χ3v) is 6.01. The van der Waals surface area contributed by atoms with Crippen molar-refractivity contribution in [1.82, 2.24) is 5.32 Å². The molecule has 1 N–H and O–H groups in total. The summed E-state index contributed by atoms with van der Waals surface area (Å²) in [7, 11) is 0. The Kier molecular flexibility index (Phi) is 6.85. The first-order valence-electron chi connectivity index (χ1n) is 9.58. The molecule has 1 amide bonds. The summed E-state index contributed by atoms with van der Waals surface area (Å²) >= 11 is 4.65. The third-order valence-electron chi connectivity index (χ3n) is 4.48. The number of nitro benzene ring substituents is 1. The lowest BCUT2D eigenvalue weighted by Gasteiger charge is -2.09. The molecule has 0 unspecified atom stereocenters. The molecule has 1 heterocycles. The van der Waals surface area contributed by atoms with Gasteiger partial charge in [0.2, 0.25) is 0 Å². The second-order valence-corrected chi connectivity index (χ2v) is 8.75. The molecule has 3 aromatic carbocycles. The molecule has 1 saturated heterocycles. The molecule has 3 aromatic rings. The van der Waals surface area contributed by atoms with Gasteiger partial charge in [0, 0.05) is 12.1 Å². The quantitative estimate of drug-likeness (QED) is 0.242. The summed E-state index contributed by atoms with van der Waals surface area (Å²) in [4.78, 5) is 27.5. The number of amidine groups is 1. The maximum absolute atomic E-state index is 13.0. The molecule has 0 radical (unpaired) electrons. The minimum atomic E-state index is -0.450. The van der Waals surface area contributed by atoms with E-state index in [0.29, 0.717) is 31.5 Å². The fourth-order valence-electron chi connectivity index (χ4n) is 2.91. The molecule has 4 rings (SSSR count). The first-order chi connectivity index (χ1) is 15.9. The zero-order valence-electron chi connectivity index (χ0n) is 16.8. The van der Waals surface area contributed by atoms with Crippen LogP contribution in [0, 0.1) is 15.9 Å². The lowest BCUT2D eigenvalue weighted by Crippen LogP contribution is -2.19. The average Bonchev–Trinajstić information content (AvgIpc) is 3.13. The smallest absolute Gasteiger partial charge is 0.269 e. The predicted molar refractivity (Wildman–Crippen MR) is 129 cm³/mol. The Bertz CT molecular complexity index is 1300. The Morgan fingerprint density at radius 1 is 1.15 bits per heavy atom. The second-order valence-electron chi connectivity index (χ2n) is 6.86. The number of thioether (sulfide) groups is 1. The average molecular weight is 528 g/mol. The van der Waals surface area contributed by atoms with Crippen LogP contribution >= 0.6 is 27.7 Å². The zero-order valence-corrected chi connectivity index (χ0v) is 19.2. The lowest BCUT2D eigenvalue weighted by atomic mass is 10.2. The molecule has 33 heavy (non-hydrogen) atoms. The van der Waals surface area contributed by atoms with Crippen molar-refractivity contribution in [3.63, 3.8) is 0 Å². The number of amides is 1. The van der Waals surface area contributed by atoms with E-state index in [1.807, 2.05) is 0 Å². The lowest BCUT2D eigenvalue weighted by molar-refractivity contribution is -0.384. The van der Waals surface area contributed by atoms with Gasteiger partial charge in [-0.3, -0.25) is 14.9 Å². The highest BCUT2D eigenvalue weighted by Crippen LogP contribution is 2.31. The Balaban J connectivity index is 1.44. The van der Waals surface area contributed by atoms with Gasteiger partial charge < -0.3 is 10.1 Å². The second kappa shape index (κ2) is 9.97. The number of hydrogen-bond acceptors (Lipinski definition) is 6. The number of aliphatic imine (C=N–C) groups is 1. The van der Waals surface area contributed by atoms with Gasteiger partial charge in [-0.1, -0.05) is 18.2 Å². The number of hydrogen-bond donors (Lipinski definition) is 1. The molecule has 0 aromatic heterocycles. The minimum absolute atomic E-state index is 0.00631. The summed E-state index contributed by atoms with van der Waals surface area (Å²) < 4.78 is 19.5. The molecule has 166 valence electrons. The van der Waals surface area contributed by atoms with Crippen LogP contribution in [0.25, 0.3) is 6.08 Å². The summed E-state index contributed by atoms with van der Waals surface area (Å²) in [5, 5.41) is 14.0. The maximum Gasteiger partial charge on any atom is 0.269 e. The molecule has 0 aliphatic carbocycles. The fourth-order valence-corrected chi connectivity index (χ4v) is 4.26. The standard InChI is InChI=1S/C23H15BrFN3O4S/c24-19-11-14(4-9-20(19)32-13-15-2-1-3-18(10-15)28(30)31)12-21-22(29)27-23(33-21)26-17-7-5-16(25)6-8-17/h1-12H,13H2,(H,26,27,29)/b21-12+. The summed E-state index contributed by atoms with van der Waals surface area (Å²) in [5.41, 5.74) is 1.99. The molecular formula is C23H15BrFN3O4S. The van der Waals surface area contributed by atoms with Crippen molar-refractivity contribution in [2.75, 3.05) is 0 Å². The molecule has 0 saturated carbocycles. The van der Waals surface area contributed by atoms with Crippen LogP contribution in [0.5, 0.6) is 5.75 Å². The van der Waals surface area contributed by atoms with E-state index in [-0.39, 0.29) is 24.0 Å². The van der Waals surface area contributed by atoms with Gasteiger partial charge in [0.1, 0.15) is 18.2 Å². The zero-order chi connectivity index (χ0) is 23.4. The van der Waals surface area contributed by atoms with Crippen molar-refractivity contribution < 1.29 is 18.8 Å². The van der Waals surface area contributed by atoms with E-state index in [9.17, 15) is 19.3 Å². The minimum Gasteiger partial charge on any atom is -0.488 e. The molecule has 10 heteroatoms. The number of nitro groups is 1. The number of non-ortho nitro benzene ring substituents is 1. The fraction of sp³-hybridized carbons (Fsp3) is 0.0435. The van der Waals surface area contributed by atoms with Crippen molar-refractivity contribution in [3.05, 3.63) is 103 Å². The van der Waals surface area contributed by atoms with E-state index >= 15 is 0 Å². The Morgan fingerprint density at radius 3 is 2.67 bits per heavy atom. The molecule has 1 aliphatic heterocycles. The number of ether oxygens (including phenoxy) is 1. The van der Waals surface area contributed by atoms with Crippen LogP contribution < -0.4 is 10.1 Å². The van der Waals surface area contributed by atoms with Crippen LogP contribution in [0.15, 0.2) is 81.1 Å². The molecule has 0 atom stereocenters. The highest BCUT2D eigenvalue weighted by atomic mass is 79.9. The van der Waals surface area contributed by atoms with Crippen molar-refractivity contribution in [2.24, 2.45) is 4.99 Å². The van der Waals surface area contributed by atoms with Gasteiger partial charge in [0.05, 0.1) is 20.0 Å². The van der Waals surface area contributed by atoms with Crippen LogP contribution in [0.1, 0.15) is 11.1 Å². The molecule has 1 fully saturated rings. The first kappa shape index (κ1) is 22.7. The van der Waals surface area contributed by atoms with E-state index in [1.165, 1.54) is 48.2 Å². The van der Waals surface area contributed by atoms with Crippen LogP contribution in [0.3, 0.4) is 0 Å². The third kappa shape index (κ3) is 5.85. The maximum atomic E-state index is 13.0. The van der Waals surface area contributed by atoms with Gasteiger partial charge in [0.25, 0.3) is 11.6 Å².